The summed E-state index contributed by atoms with van der Waals surface area (Å²) < 4.78 is 10.4. The van der Waals surface area contributed by atoms with Gasteiger partial charge in [-0.05, 0) is 51.3 Å². The van der Waals surface area contributed by atoms with Crippen molar-refractivity contribution in [3.63, 3.8) is 0 Å². The lowest BCUT2D eigenvalue weighted by Gasteiger charge is -2.23. The van der Waals surface area contributed by atoms with E-state index >= 15 is 0 Å². The number of para-hydroxylation sites is 1. The minimum atomic E-state index is -0.490. The van der Waals surface area contributed by atoms with Crippen LogP contribution in [0.25, 0.3) is 0 Å². The van der Waals surface area contributed by atoms with Crippen LogP contribution in [-0.2, 0) is 4.74 Å². The number of esters is 1. The first-order valence-electron chi connectivity index (χ1n) is 9.72. The molecule has 29 heavy (non-hydrogen) atoms. The number of ether oxygens (including phenoxy) is 2. The number of hydrogen-bond acceptors (Lipinski definition) is 5. The molecule has 1 heterocycles. The molecule has 0 spiro atoms. The van der Waals surface area contributed by atoms with Gasteiger partial charge in [-0.15, -0.1) is 0 Å². The summed E-state index contributed by atoms with van der Waals surface area (Å²) in [6.07, 6.45) is 1.74. The van der Waals surface area contributed by atoms with Crippen molar-refractivity contribution >= 4 is 17.7 Å². The lowest BCUT2D eigenvalue weighted by atomic mass is 10.0. The number of methoxy groups -OCH3 is 1. The lowest BCUT2D eigenvalue weighted by molar-refractivity contribution is 0.0519. The van der Waals surface area contributed by atoms with Crippen LogP contribution in [-0.4, -0.2) is 53.8 Å². The highest BCUT2D eigenvalue weighted by Crippen LogP contribution is 2.31. The maximum Gasteiger partial charge on any atom is 0.355 e. The van der Waals surface area contributed by atoms with Crippen LogP contribution in [0, 0.1) is 13.8 Å². The molecule has 1 aromatic carbocycles. The number of benzene rings is 1. The van der Waals surface area contributed by atoms with E-state index in [1.54, 1.807) is 49.9 Å². The minimum Gasteiger partial charge on any atom is -0.496 e. The fourth-order valence-electron chi connectivity index (χ4n) is 3.54. The van der Waals surface area contributed by atoms with E-state index in [2.05, 4.69) is 4.98 Å². The Morgan fingerprint density at radius 3 is 2.48 bits per heavy atom. The van der Waals surface area contributed by atoms with E-state index in [0.717, 1.165) is 12.8 Å². The van der Waals surface area contributed by atoms with Gasteiger partial charge in [-0.2, -0.15) is 0 Å². The third-order valence-electron chi connectivity index (χ3n) is 5.10. The van der Waals surface area contributed by atoms with Gasteiger partial charge < -0.3 is 19.4 Å². The summed E-state index contributed by atoms with van der Waals surface area (Å²) in [4.78, 5) is 42.9. The zero-order valence-corrected chi connectivity index (χ0v) is 17.2. The number of nitrogens with one attached hydrogen (secondary N) is 1. The Morgan fingerprint density at radius 2 is 1.86 bits per heavy atom. The first-order valence-corrected chi connectivity index (χ1v) is 9.72. The van der Waals surface area contributed by atoms with Crippen LogP contribution < -0.4 is 4.74 Å². The molecule has 1 aliphatic carbocycles. The molecule has 0 saturated heterocycles. The van der Waals surface area contributed by atoms with Crippen LogP contribution in [0.5, 0.6) is 5.75 Å². The van der Waals surface area contributed by atoms with Gasteiger partial charge in [0.05, 0.1) is 25.8 Å². The molecule has 1 aliphatic rings. The molecule has 7 nitrogen and oxygen atoms in total. The van der Waals surface area contributed by atoms with Crippen molar-refractivity contribution in [2.24, 2.45) is 0 Å². The molecule has 0 atom stereocenters. The van der Waals surface area contributed by atoms with Crippen LogP contribution in [0.4, 0.5) is 0 Å². The predicted octanol–water partition coefficient (Wildman–Crippen LogP) is 3.30. The van der Waals surface area contributed by atoms with E-state index in [4.69, 9.17) is 9.47 Å². The predicted molar refractivity (Wildman–Crippen MR) is 108 cm³/mol. The Labute approximate surface area is 170 Å². The maximum absolute atomic E-state index is 13.2. The van der Waals surface area contributed by atoms with Crippen molar-refractivity contribution in [3.05, 3.63) is 52.3 Å². The summed E-state index contributed by atoms with van der Waals surface area (Å²) in [7, 11) is 1.52. The smallest absolute Gasteiger partial charge is 0.355 e. The van der Waals surface area contributed by atoms with Crippen LogP contribution >= 0.6 is 0 Å². The number of rotatable bonds is 8. The number of aromatic amines is 1. The molecule has 7 heteroatoms. The van der Waals surface area contributed by atoms with Crippen molar-refractivity contribution in [1.82, 2.24) is 9.88 Å². The van der Waals surface area contributed by atoms with Gasteiger partial charge in [0.25, 0.3) is 5.91 Å². The van der Waals surface area contributed by atoms with E-state index in [9.17, 15) is 14.4 Å². The first-order chi connectivity index (χ1) is 13.9. The van der Waals surface area contributed by atoms with Crippen LogP contribution in [0.2, 0.25) is 0 Å². The summed E-state index contributed by atoms with van der Waals surface area (Å²) in [6, 6.07) is 7.04. The third kappa shape index (κ3) is 4.18. The Balaban J connectivity index is 1.86. The van der Waals surface area contributed by atoms with Gasteiger partial charge in [-0.3, -0.25) is 9.59 Å². The van der Waals surface area contributed by atoms with E-state index in [1.807, 2.05) is 0 Å². The highest BCUT2D eigenvalue weighted by molar-refractivity contribution is 6.06. The average molecular weight is 398 g/mol. The van der Waals surface area contributed by atoms with E-state index in [0.29, 0.717) is 28.1 Å². The zero-order valence-electron chi connectivity index (χ0n) is 17.2. The highest BCUT2D eigenvalue weighted by Gasteiger charge is 2.36. The van der Waals surface area contributed by atoms with E-state index in [1.165, 1.54) is 7.11 Å². The number of nitrogens with zero attached hydrogens (tertiary/aromatic N) is 1. The van der Waals surface area contributed by atoms with Gasteiger partial charge in [0, 0.05) is 17.3 Å². The van der Waals surface area contributed by atoms with Gasteiger partial charge >= 0.3 is 5.97 Å². The lowest BCUT2D eigenvalue weighted by Crippen LogP contribution is -2.38. The molecule has 0 unspecified atom stereocenters. The summed E-state index contributed by atoms with van der Waals surface area (Å²) in [6.45, 7) is 5.39. The standard InChI is InChI=1S/C22H26N2O5/c1-5-29-22(27)20-13(2)19(14(3)23-20)17(25)12-24(15-10-11-15)21(26)16-8-6-7-9-18(16)28-4/h6-9,15,23H,5,10-12H2,1-4H3. The van der Waals surface area contributed by atoms with Gasteiger partial charge in [0.2, 0.25) is 0 Å². The number of H-pyrrole nitrogens is 1. The number of hydrogen-bond donors (Lipinski definition) is 1. The second-order valence-electron chi connectivity index (χ2n) is 7.13. The van der Waals surface area contributed by atoms with Gasteiger partial charge in [0.1, 0.15) is 11.4 Å². The van der Waals surface area contributed by atoms with Crippen LogP contribution in [0.3, 0.4) is 0 Å². The molecule has 3 rings (SSSR count). The van der Waals surface area contributed by atoms with E-state index < -0.39 is 5.97 Å². The number of carbonyl (C=O) groups is 3. The quantitative estimate of drug-likeness (QED) is 0.544. The number of amides is 1. The molecule has 1 N–H and O–H groups in total. The number of aryl methyl sites for hydroxylation is 1. The molecule has 2 aromatic rings. The topological polar surface area (TPSA) is 88.7 Å². The molecular formula is C22H26N2O5. The molecule has 0 radical (unpaired) electrons. The van der Waals surface area contributed by atoms with Gasteiger partial charge in [0.15, 0.2) is 5.78 Å². The number of carbonyl (C=O) groups excluding carboxylic acids is 3. The molecule has 1 aromatic heterocycles. The Bertz CT molecular complexity index is 943. The van der Waals surface area contributed by atoms with Crippen LogP contribution in [0.15, 0.2) is 24.3 Å². The average Bonchev–Trinajstić information content (AvgIpc) is 3.50. The molecule has 154 valence electrons. The summed E-state index contributed by atoms with van der Waals surface area (Å²) in [5.74, 6) is -0.442. The second kappa shape index (κ2) is 8.51. The molecular weight excluding hydrogens is 372 g/mol. The fraction of sp³-hybridized carbons (Fsp3) is 0.409. The van der Waals surface area contributed by atoms with Crippen molar-refractivity contribution in [3.8, 4) is 5.75 Å². The maximum atomic E-state index is 13.2. The Morgan fingerprint density at radius 1 is 1.17 bits per heavy atom. The zero-order chi connectivity index (χ0) is 21.1. The normalized spacial score (nSPS) is 13.1. The number of aromatic nitrogens is 1. The van der Waals surface area contributed by atoms with E-state index in [-0.39, 0.29) is 36.6 Å². The number of ketones is 1. The summed E-state index contributed by atoms with van der Waals surface area (Å²) >= 11 is 0. The summed E-state index contributed by atoms with van der Waals surface area (Å²) in [5, 5.41) is 0. The largest absolute Gasteiger partial charge is 0.496 e. The molecule has 0 bridgehead atoms. The Kier molecular flexibility index (Phi) is 6.06. The molecule has 1 fully saturated rings. The highest BCUT2D eigenvalue weighted by atomic mass is 16.5. The molecule has 0 aliphatic heterocycles. The molecule has 1 amide bonds. The number of Topliss-reactive ketones (excluding diaryl/α,β-unsaturated/α-hetero) is 1. The summed E-state index contributed by atoms with van der Waals surface area (Å²) in [5.41, 5.74) is 2.29. The SMILES string of the molecule is CCOC(=O)c1[nH]c(C)c(C(=O)CN(C(=O)c2ccccc2OC)C2CC2)c1C. The third-order valence-corrected chi connectivity index (χ3v) is 5.10. The first kappa shape index (κ1) is 20.6. The molecule has 1 saturated carbocycles. The minimum absolute atomic E-state index is 0.0421. The fourth-order valence-corrected chi connectivity index (χ4v) is 3.54. The van der Waals surface area contributed by atoms with Crippen molar-refractivity contribution < 1.29 is 23.9 Å². The van der Waals surface area contributed by atoms with Crippen molar-refractivity contribution in [1.29, 1.82) is 0 Å². The van der Waals surface area contributed by atoms with Gasteiger partial charge in [-0.1, -0.05) is 12.1 Å². The van der Waals surface area contributed by atoms with Crippen molar-refractivity contribution in [2.75, 3.05) is 20.3 Å². The Hall–Kier alpha value is -3.09. The van der Waals surface area contributed by atoms with Crippen LogP contribution in [0.1, 0.15) is 62.2 Å². The second-order valence-corrected chi connectivity index (χ2v) is 7.13. The van der Waals surface area contributed by atoms with Crippen molar-refractivity contribution in [2.45, 2.75) is 39.7 Å². The van der Waals surface area contributed by atoms with Gasteiger partial charge in [-0.25, -0.2) is 4.79 Å². The monoisotopic (exact) mass is 398 g/mol.